The van der Waals surface area contributed by atoms with Crippen LogP contribution in [0.4, 0.5) is 11.5 Å². The van der Waals surface area contributed by atoms with E-state index in [2.05, 4.69) is 5.32 Å². The van der Waals surface area contributed by atoms with Crippen LogP contribution >= 0.6 is 0 Å². The van der Waals surface area contributed by atoms with E-state index in [1.54, 1.807) is 12.1 Å². The van der Waals surface area contributed by atoms with Crippen LogP contribution in [0.1, 0.15) is 0 Å². The number of nitrogens with zero attached hydrogens (tertiary/aromatic N) is 2. The Morgan fingerprint density at radius 3 is 2.76 bits per heavy atom. The highest BCUT2D eigenvalue weighted by atomic mass is 16.6. The second-order valence-corrected chi connectivity index (χ2v) is 6.61. The van der Waals surface area contributed by atoms with E-state index in [0.29, 0.717) is 24.7 Å². The van der Waals surface area contributed by atoms with Gasteiger partial charge in [-0.3, -0.25) is 4.40 Å². The largest absolute Gasteiger partial charge is 0.504 e. The number of phenols is 1. The molecule has 2 N–H and O–H groups in total. The number of nitrogens with one attached hydrogen (secondary N) is 1. The molecule has 0 fully saturated rings. The fourth-order valence-corrected chi connectivity index (χ4v) is 3.40. The Morgan fingerprint density at radius 2 is 1.90 bits per heavy atom. The molecule has 1 aliphatic heterocycles. The lowest BCUT2D eigenvalue weighted by Crippen LogP contribution is -2.15. The van der Waals surface area contributed by atoms with Crippen LogP contribution in [-0.2, 0) is 0 Å². The quantitative estimate of drug-likeness (QED) is 0.544. The van der Waals surface area contributed by atoms with Gasteiger partial charge in [-0.05, 0) is 42.5 Å². The third-order valence-corrected chi connectivity index (χ3v) is 4.79. The monoisotopic (exact) mass is 389 g/mol. The van der Waals surface area contributed by atoms with Gasteiger partial charge in [-0.1, -0.05) is 6.07 Å². The lowest BCUT2D eigenvalue weighted by molar-refractivity contribution is 0.171. The fraction of sp³-hybridized carbons (Fsp3) is 0.136. The number of anilines is 2. The summed E-state index contributed by atoms with van der Waals surface area (Å²) in [5.41, 5.74) is 3.22. The molecule has 2 aromatic carbocycles. The summed E-state index contributed by atoms with van der Waals surface area (Å²) in [7, 11) is 1.52. The number of pyridine rings is 1. The SMILES string of the molecule is COc1cc(-c2nc3ccccn3c2Nc2ccc3c(c2)OCCO3)ccc1O. The van der Waals surface area contributed by atoms with Gasteiger partial charge in [0.15, 0.2) is 23.0 Å². The van der Waals surface area contributed by atoms with Crippen LogP contribution in [-0.4, -0.2) is 34.8 Å². The minimum Gasteiger partial charge on any atom is -0.504 e. The van der Waals surface area contributed by atoms with E-state index in [-0.39, 0.29) is 5.75 Å². The Hall–Kier alpha value is -3.87. The summed E-state index contributed by atoms with van der Waals surface area (Å²) in [5, 5.41) is 13.4. The predicted molar refractivity (Wildman–Crippen MR) is 110 cm³/mol. The van der Waals surface area contributed by atoms with Crippen LogP contribution < -0.4 is 19.5 Å². The average Bonchev–Trinajstić information content (AvgIpc) is 3.12. The van der Waals surface area contributed by atoms with Gasteiger partial charge < -0.3 is 24.6 Å². The molecule has 0 amide bonds. The zero-order chi connectivity index (χ0) is 19.8. The van der Waals surface area contributed by atoms with Crippen LogP contribution in [0.2, 0.25) is 0 Å². The minimum absolute atomic E-state index is 0.0846. The molecule has 7 nitrogen and oxygen atoms in total. The highest BCUT2D eigenvalue weighted by Gasteiger charge is 2.18. The summed E-state index contributed by atoms with van der Waals surface area (Å²) in [5.74, 6) is 2.72. The molecule has 0 unspecified atom stereocenters. The number of phenolic OH excluding ortho intramolecular Hbond substituents is 1. The molecule has 0 atom stereocenters. The van der Waals surface area contributed by atoms with Gasteiger partial charge in [0, 0.05) is 23.5 Å². The molecule has 0 spiro atoms. The van der Waals surface area contributed by atoms with Gasteiger partial charge in [0.2, 0.25) is 0 Å². The molecule has 146 valence electrons. The molecule has 0 saturated heterocycles. The van der Waals surface area contributed by atoms with Crippen molar-refractivity contribution in [1.29, 1.82) is 0 Å². The number of hydrogen-bond acceptors (Lipinski definition) is 6. The van der Waals surface area contributed by atoms with Crippen LogP contribution in [0, 0.1) is 0 Å². The van der Waals surface area contributed by atoms with Crippen molar-refractivity contribution in [2.45, 2.75) is 0 Å². The maximum absolute atomic E-state index is 9.95. The highest BCUT2D eigenvalue weighted by Crippen LogP contribution is 2.38. The Bertz CT molecular complexity index is 1200. The first-order valence-corrected chi connectivity index (χ1v) is 9.24. The van der Waals surface area contributed by atoms with E-state index in [9.17, 15) is 5.11 Å². The molecule has 4 aromatic rings. The molecule has 7 heteroatoms. The second-order valence-electron chi connectivity index (χ2n) is 6.61. The van der Waals surface area contributed by atoms with Crippen molar-refractivity contribution in [3.8, 4) is 34.3 Å². The number of hydrogen-bond donors (Lipinski definition) is 2. The first kappa shape index (κ1) is 17.2. The first-order valence-electron chi connectivity index (χ1n) is 9.24. The lowest BCUT2D eigenvalue weighted by Gasteiger charge is -2.19. The van der Waals surface area contributed by atoms with Crippen LogP contribution in [0.3, 0.4) is 0 Å². The standard InChI is InChI=1S/C22H19N3O4/c1-27-18-12-14(5-7-16(18)26)21-22(25-9-3-2-4-20(25)24-21)23-15-6-8-17-19(13-15)29-11-10-28-17/h2-9,12-13,23,26H,10-11H2,1H3. The Kier molecular flexibility index (Phi) is 4.13. The van der Waals surface area contributed by atoms with E-state index >= 15 is 0 Å². The number of methoxy groups -OCH3 is 1. The van der Waals surface area contributed by atoms with E-state index in [0.717, 1.165) is 34.2 Å². The second kappa shape index (κ2) is 6.94. The van der Waals surface area contributed by atoms with Crippen LogP contribution in [0.15, 0.2) is 60.8 Å². The topological polar surface area (TPSA) is 77.3 Å². The summed E-state index contributed by atoms with van der Waals surface area (Å²) >= 11 is 0. The summed E-state index contributed by atoms with van der Waals surface area (Å²) in [6.07, 6.45) is 1.95. The third-order valence-electron chi connectivity index (χ3n) is 4.79. The lowest BCUT2D eigenvalue weighted by atomic mass is 10.1. The summed E-state index contributed by atoms with van der Waals surface area (Å²) in [4.78, 5) is 4.78. The van der Waals surface area contributed by atoms with Gasteiger partial charge >= 0.3 is 0 Å². The van der Waals surface area contributed by atoms with Crippen molar-refractivity contribution < 1.29 is 19.3 Å². The van der Waals surface area contributed by atoms with Gasteiger partial charge in [-0.25, -0.2) is 4.98 Å². The van der Waals surface area contributed by atoms with Crippen molar-refractivity contribution in [2.24, 2.45) is 0 Å². The van der Waals surface area contributed by atoms with Crippen molar-refractivity contribution in [1.82, 2.24) is 9.38 Å². The van der Waals surface area contributed by atoms with Crippen molar-refractivity contribution >= 4 is 17.2 Å². The molecule has 0 saturated carbocycles. The molecule has 5 rings (SSSR count). The number of aromatic nitrogens is 2. The van der Waals surface area contributed by atoms with E-state index in [1.165, 1.54) is 7.11 Å². The summed E-state index contributed by atoms with van der Waals surface area (Å²) in [6.45, 7) is 1.09. The molecule has 1 aliphatic rings. The Balaban J connectivity index is 1.62. The van der Waals surface area contributed by atoms with Gasteiger partial charge in [0.1, 0.15) is 30.4 Å². The van der Waals surface area contributed by atoms with Crippen molar-refractivity contribution in [3.05, 3.63) is 60.8 Å². The predicted octanol–water partition coefficient (Wildman–Crippen LogP) is 4.23. The van der Waals surface area contributed by atoms with Gasteiger partial charge in [0.25, 0.3) is 0 Å². The maximum atomic E-state index is 9.95. The van der Waals surface area contributed by atoms with Crippen LogP contribution in [0.5, 0.6) is 23.0 Å². The molecule has 3 heterocycles. The van der Waals surface area contributed by atoms with Gasteiger partial charge in [-0.2, -0.15) is 0 Å². The molecule has 0 bridgehead atoms. The zero-order valence-electron chi connectivity index (χ0n) is 15.8. The van der Waals surface area contributed by atoms with Crippen molar-refractivity contribution in [2.75, 3.05) is 25.6 Å². The first-order chi connectivity index (χ1) is 14.2. The van der Waals surface area contributed by atoms with Gasteiger partial charge in [-0.15, -0.1) is 0 Å². The number of fused-ring (bicyclic) bond motifs is 2. The molecule has 2 aromatic heterocycles. The maximum Gasteiger partial charge on any atom is 0.163 e. The van der Waals surface area contributed by atoms with E-state index in [1.807, 2.05) is 53.1 Å². The number of aromatic hydroxyl groups is 1. The number of imidazole rings is 1. The number of benzene rings is 2. The van der Waals surface area contributed by atoms with Gasteiger partial charge in [0.05, 0.1) is 7.11 Å². The molecule has 29 heavy (non-hydrogen) atoms. The van der Waals surface area contributed by atoms with Crippen molar-refractivity contribution in [3.63, 3.8) is 0 Å². The average molecular weight is 389 g/mol. The normalized spacial score (nSPS) is 12.7. The summed E-state index contributed by atoms with van der Waals surface area (Å²) < 4.78 is 18.5. The molecular formula is C22H19N3O4. The molecule has 0 radical (unpaired) electrons. The molecular weight excluding hydrogens is 370 g/mol. The number of rotatable bonds is 4. The van der Waals surface area contributed by atoms with E-state index < -0.39 is 0 Å². The van der Waals surface area contributed by atoms with E-state index in [4.69, 9.17) is 19.2 Å². The highest BCUT2D eigenvalue weighted by molar-refractivity contribution is 5.81. The fourth-order valence-electron chi connectivity index (χ4n) is 3.40. The van der Waals surface area contributed by atoms with Crippen LogP contribution in [0.25, 0.3) is 16.9 Å². The number of ether oxygens (including phenoxy) is 3. The molecule has 0 aliphatic carbocycles. The zero-order valence-corrected chi connectivity index (χ0v) is 15.8. The Morgan fingerprint density at radius 1 is 1.03 bits per heavy atom. The Labute approximate surface area is 167 Å². The summed E-state index contributed by atoms with van der Waals surface area (Å²) in [6, 6.07) is 16.8. The third kappa shape index (κ3) is 3.06. The minimum atomic E-state index is 0.0846. The smallest absolute Gasteiger partial charge is 0.163 e.